The molecule has 2 aromatic carbocycles. The molecular weight excluding hydrogens is 457 g/mol. The van der Waals surface area contributed by atoms with E-state index in [1.54, 1.807) is 29.2 Å². The molecular formula is C22H21F3N4O5. The molecule has 0 radical (unpaired) electrons. The number of amides is 2. The highest BCUT2D eigenvalue weighted by Crippen LogP contribution is 2.36. The van der Waals surface area contributed by atoms with Crippen LogP contribution in [0.25, 0.3) is 0 Å². The number of hydrogen-bond acceptors (Lipinski definition) is 7. The first-order valence-corrected chi connectivity index (χ1v) is 10.5. The van der Waals surface area contributed by atoms with Gasteiger partial charge >= 0.3 is 6.18 Å². The fourth-order valence-electron chi connectivity index (χ4n) is 4.26. The van der Waals surface area contributed by atoms with Crippen molar-refractivity contribution in [2.24, 2.45) is 0 Å². The maximum Gasteiger partial charge on any atom is 0.416 e. The summed E-state index contributed by atoms with van der Waals surface area (Å²) in [5, 5.41) is 21.8. The number of nitro groups is 1. The zero-order chi connectivity index (χ0) is 24.6. The average molecular weight is 478 g/mol. The lowest BCUT2D eigenvalue weighted by atomic mass is 10.1. The third-order valence-electron chi connectivity index (χ3n) is 5.95. The van der Waals surface area contributed by atoms with Crippen LogP contribution >= 0.6 is 0 Å². The Morgan fingerprint density at radius 2 is 1.56 bits per heavy atom. The Bertz CT molecular complexity index is 1100. The molecule has 0 bridgehead atoms. The van der Waals surface area contributed by atoms with E-state index in [0.29, 0.717) is 43.4 Å². The quantitative estimate of drug-likeness (QED) is 0.386. The number of halogens is 3. The van der Waals surface area contributed by atoms with Crippen molar-refractivity contribution in [3.8, 4) is 0 Å². The second-order valence-electron chi connectivity index (χ2n) is 8.17. The number of carbonyl (C=O) groups excluding carboxylic acids is 2. The fourth-order valence-corrected chi connectivity index (χ4v) is 4.26. The summed E-state index contributed by atoms with van der Waals surface area (Å²) in [7, 11) is 0. The van der Waals surface area contributed by atoms with E-state index in [0.717, 1.165) is 17.0 Å². The zero-order valence-electron chi connectivity index (χ0n) is 17.9. The standard InChI is InChI=1S/C22H21F3N4O5/c23-22(24,25)14-5-6-18(19(11-14)29(33)34)27-9-7-26(8-10-27)12-15(30)13-28-20(31)16-3-1-2-4-17(16)21(28)32/h1-6,11,15,30H,7-10,12-13H2/t15-/m1/s1. The molecule has 0 saturated carbocycles. The molecule has 2 aliphatic rings. The molecule has 0 spiro atoms. The lowest BCUT2D eigenvalue weighted by molar-refractivity contribution is -0.384. The largest absolute Gasteiger partial charge is 0.416 e. The number of carbonyl (C=O) groups is 2. The van der Waals surface area contributed by atoms with Gasteiger partial charge in [-0.3, -0.25) is 29.5 Å². The summed E-state index contributed by atoms with van der Waals surface area (Å²) in [4.78, 5) is 40.0. The molecule has 2 heterocycles. The Morgan fingerprint density at radius 3 is 2.09 bits per heavy atom. The molecule has 180 valence electrons. The fraction of sp³-hybridized carbons (Fsp3) is 0.364. The van der Waals surface area contributed by atoms with Crippen molar-refractivity contribution in [1.82, 2.24) is 9.80 Å². The van der Waals surface area contributed by atoms with Crippen molar-refractivity contribution >= 4 is 23.2 Å². The molecule has 1 N–H and O–H groups in total. The predicted molar refractivity (Wildman–Crippen MR) is 115 cm³/mol. The second kappa shape index (κ2) is 9.03. The summed E-state index contributed by atoms with van der Waals surface area (Å²) >= 11 is 0. The minimum Gasteiger partial charge on any atom is -0.390 e. The lowest BCUT2D eigenvalue weighted by Gasteiger charge is -2.37. The van der Waals surface area contributed by atoms with Crippen LogP contribution in [-0.2, 0) is 6.18 Å². The van der Waals surface area contributed by atoms with E-state index in [4.69, 9.17) is 0 Å². The number of hydrogen-bond donors (Lipinski definition) is 1. The van der Waals surface area contributed by atoms with Crippen molar-refractivity contribution in [3.05, 3.63) is 69.3 Å². The number of rotatable bonds is 6. The number of β-amino-alcohol motifs (C(OH)–C–C–N with tert-alkyl or cyclic N) is 1. The van der Waals surface area contributed by atoms with Crippen LogP contribution in [0, 0.1) is 10.1 Å². The number of piperazine rings is 1. The van der Waals surface area contributed by atoms with Crippen molar-refractivity contribution in [2.75, 3.05) is 44.2 Å². The number of nitrogens with zero attached hydrogens (tertiary/aromatic N) is 4. The number of fused-ring (bicyclic) bond motifs is 1. The van der Waals surface area contributed by atoms with Gasteiger partial charge in [-0.15, -0.1) is 0 Å². The van der Waals surface area contributed by atoms with E-state index in [1.165, 1.54) is 0 Å². The minimum absolute atomic E-state index is 0.101. The van der Waals surface area contributed by atoms with Gasteiger partial charge in [0.15, 0.2) is 0 Å². The molecule has 0 aromatic heterocycles. The van der Waals surface area contributed by atoms with Gasteiger partial charge in [0, 0.05) is 38.8 Å². The van der Waals surface area contributed by atoms with E-state index in [2.05, 4.69) is 0 Å². The van der Waals surface area contributed by atoms with E-state index in [-0.39, 0.29) is 18.8 Å². The minimum atomic E-state index is -4.68. The van der Waals surface area contributed by atoms with E-state index in [9.17, 15) is 38.0 Å². The van der Waals surface area contributed by atoms with Crippen LogP contribution < -0.4 is 4.90 Å². The Kier molecular flexibility index (Phi) is 6.28. The molecule has 1 fully saturated rings. The second-order valence-corrected chi connectivity index (χ2v) is 8.17. The third kappa shape index (κ3) is 4.59. The van der Waals surface area contributed by atoms with Gasteiger partial charge in [-0.25, -0.2) is 0 Å². The van der Waals surface area contributed by atoms with Crippen molar-refractivity contribution < 1.29 is 32.8 Å². The summed E-state index contributed by atoms with van der Waals surface area (Å²) in [5.41, 5.74) is -1.01. The van der Waals surface area contributed by atoms with Crippen LogP contribution in [0.3, 0.4) is 0 Å². The van der Waals surface area contributed by atoms with Crippen molar-refractivity contribution in [1.29, 1.82) is 0 Å². The van der Waals surface area contributed by atoms with Crippen LogP contribution in [0.4, 0.5) is 24.5 Å². The molecule has 2 amide bonds. The van der Waals surface area contributed by atoms with Crippen LogP contribution in [0.1, 0.15) is 26.3 Å². The van der Waals surface area contributed by atoms with E-state index in [1.807, 2.05) is 4.90 Å². The molecule has 0 unspecified atom stereocenters. The molecule has 12 heteroatoms. The number of anilines is 1. The third-order valence-corrected chi connectivity index (χ3v) is 5.95. The Morgan fingerprint density at radius 1 is 0.971 bits per heavy atom. The van der Waals surface area contributed by atoms with Crippen molar-refractivity contribution in [3.63, 3.8) is 0 Å². The SMILES string of the molecule is O=C1c2ccccc2C(=O)N1C[C@H](O)CN1CCN(c2ccc(C(F)(F)F)cc2[N+](=O)[O-])CC1. The van der Waals surface area contributed by atoms with Gasteiger partial charge in [0.05, 0.1) is 34.3 Å². The van der Waals surface area contributed by atoms with Gasteiger partial charge in [0.1, 0.15) is 5.69 Å². The molecule has 9 nitrogen and oxygen atoms in total. The summed E-state index contributed by atoms with van der Waals surface area (Å²) in [5.74, 6) is -0.918. The van der Waals surface area contributed by atoms with E-state index < -0.39 is 40.3 Å². The first-order chi connectivity index (χ1) is 16.1. The molecule has 2 aromatic rings. The molecule has 1 saturated heterocycles. The molecule has 1 atom stereocenters. The van der Waals surface area contributed by atoms with Gasteiger partial charge in [-0.2, -0.15) is 13.2 Å². The zero-order valence-corrected chi connectivity index (χ0v) is 17.9. The van der Waals surface area contributed by atoms with E-state index >= 15 is 0 Å². The number of aliphatic hydroxyl groups excluding tert-OH is 1. The predicted octanol–water partition coefficient (Wildman–Crippen LogP) is 2.39. The molecule has 34 heavy (non-hydrogen) atoms. The van der Waals surface area contributed by atoms with Crippen LogP contribution in [0.5, 0.6) is 0 Å². The lowest BCUT2D eigenvalue weighted by Crippen LogP contribution is -2.50. The highest BCUT2D eigenvalue weighted by molar-refractivity contribution is 6.21. The number of nitro benzene ring substituents is 1. The van der Waals surface area contributed by atoms with Gasteiger partial charge in [0.2, 0.25) is 0 Å². The summed E-state index contributed by atoms with van der Waals surface area (Å²) in [6.07, 6.45) is -5.69. The first kappa shape index (κ1) is 23.6. The maximum atomic E-state index is 12.9. The number of benzene rings is 2. The van der Waals surface area contributed by atoms with Gasteiger partial charge in [0.25, 0.3) is 17.5 Å². The first-order valence-electron chi connectivity index (χ1n) is 10.5. The summed E-state index contributed by atoms with van der Waals surface area (Å²) in [6, 6.07) is 8.89. The van der Waals surface area contributed by atoms with Crippen LogP contribution in [0.15, 0.2) is 42.5 Å². The molecule has 0 aliphatic carbocycles. The molecule has 2 aliphatic heterocycles. The number of imide groups is 1. The number of aliphatic hydroxyl groups is 1. The Hall–Kier alpha value is -3.51. The maximum absolute atomic E-state index is 12.9. The van der Waals surface area contributed by atoms with Crippen LogP contribution in [-0.4, -0.2) is 77.0 Å². The smallest absolute Gasteiger partial charge is 0.390 e. The average Bonchev–Trinajstić information content (AvgIpc) is 3.03. The molecule has 4 rings (SSSR count). The normalized spacial score (nSPS) is 17.8. The summed E-state index contributed by atoms with van der Waals surface area (Å²) in [6.45, 7) is 1.36. The van der Waals surface area contributed by atoms with Crippen LogP contribution in [0.2, 0.25) is 0 Å². The monoisotopic (exact) mass is 478 g/mol. The van der Waals surface area contributed by atoms with Gasteiger partial charge in [-0.05, 0) is 24.3 Å². The Labute approximate surface area is 192 Å². The van der Waals surface area contributed by atoms with Crippen molar-refractivity contribution in [2.45, 2.75) is 12.3 Å². The highest BCUT2D eigenvalue weighted by Gasteiger charge is 2.37. The van der Waals surface area contributed by atoms with Gasteiger partial charge < -0.3 is 10.0 Å². The summed E-state index contributed by atoms with van der Waals surface area (Å²) < 4.78 is 38.8. The Balaban J connectivity index is 1.35. The number of alkyl halides is 3. The highest BCUT2D eigenvalue weighted by atomic mass is 19.4. The topological polar surface area (TPSA) is 107 Å². The van der Waals surface area contributed by atoms with Gasteiger partial charge in [-0.1, -0.05) is 12.1 Å².